The molecule has 0 aromatic heterocycles. The molecule has 0 bridgehead atoms. The second-order valence-electron chi connectivity index (χ2n) is 16.8. The van der Waals surface area contributed by atoms with Crippen LogP contribution < -0.4 is 0 Å². The predicted molar refractivity (Wildman–Crippen MR) is 270 cm³/mol. The van der Waals surface area contributed by atoms with Gasteiger partial charge in [-0.05, 0) is 89.9 Å². The maximum Gasteiger partial charge on any atom is 0.306 e. The number of rotatable bonds is 45. The summed E-state index contributed by atoms with van der Waals surface area (Å²) < 4.78 is 16.8. The van der Waals surface area contributed by atoms with E-state index in [1.165, 1.54) is 70.6 Å². The van der Waals surface area contributed by atoms with Crippen LogP contribution in [0.3, 0.4) is 0 Å². The normalized spacial score (nSPS) is 12.9. The zero-order chi connectivity index (χ0) is 45.8. The Bertz CT molecular complexity index is 1280. The summed E-state index contributed by atoms with van der Waals surface area (Å²) in [4.78, 5) is 38.0. The molecule has 6 nitrogen and oxygen atoms in total. The molecule has 358 valence electrons. The first kappa shape index (κ1) is 59.3. The van der Waals surface area contributed by atoms with Gasteiger partial charge in [-0.2, -0.15) is 0 Å². The molecular formula is C57H94O6. The molecular weight excluding hydrogens is 781 g/mol. The van der Waals surface area contributed by atoms with E-state index in [-0.39, 0.29) is 31.1 Å². The topological polar surface area (TPSA) is 78.9 Å². The van der Waals surface area contributed by atoms with Crippen molar-refractivity contribution in [1.82, 2.24) is 0 Å². The van der Waals surface area contributed by atoms with Crippen molar-refractivity contribution in [2.75, 3.05) is 13.2 Å². The largest absolute Gasteiger partial charge is 0.462 e. The predicted octanol–water partition coefficient (Wildman–Crippen LogP) is 17.0. The lowest BCUT2D eigenvalue weighted by Crippen LogP contribution is -2.30. The van der Waals surface area contributed by atoms with Crippen LogP contribution in [0.2, 0.25) is 0 Å². The van der Waals surface area contributed by atoms with Crippen LogP contribution in [0.15, 0.2) is 97.2 Å². The summed E-state index contributed by atoms with van der Waals surface area (Å²) >= 11 is 0. The van der Waals surface area contributed by atoms with Gasteiger partial charge in [0.15, 0.2) is 6.10 Å². The van der Waals surface area contributed by atoms with E-state index in [4.69, 9.17) is 14.2 Å². The Kier molecular flexibility index (Phi) is 48.0. The quantitative estimate of drug-likeness (QED) is 0.0199. The second-order valence-corrected chi connectivity index (χ2v) is 16.8. The van der Waals surface area contributed by atoms with Gasteiger partial charge in [-0.1, -0.05) is 214 Å². The van der Waals surface area contributed by atoms with Gasteiger partial charge >= 0.3 is 17.9 Å². The third-order valence-corrected chi connectivity index (χ3v) is 10.7. The minimum Gasteiger partial charge on any atom is -0.462 e. The summed E-state index contributed by atoms with van der Waals surface area (Å²) in [5.74, 6) is -0.963. The lowest BCUT2D eigenvalue weighted by atomic mass is 10.1. The highest BCUT2D eigenvalue weighted by molar-refractivity contribution is 5.71. The van der Waals surface area contributed by atoms with E-state index in [0.29, 0.717) is 19.3 Å². The first-order valence-electron chi connectivity index (χ1n) is 25.8. The van der Waals surface area contributed by atoms with E-state index in [2.05, 4.69) is 93.7 Å². The Labute approximate surface area is 387 Å². The Morgan fingerprint density at radius 2 is 0.698 bits per heavy atom. The third kappa shape index (κ3) is 49.2. The highest BCUT2D eigenvalue weighted by Gasteiger charge is 2.19. The molecule has 0 radical (unpaired) electrons. The summed E-state index contributed by atoms with van der Waals surface area (Å²) in [7, 11) is 0. The zero-order valence-electron chi connectivity index (χ0n) is 40.8. The van der Waals surface area contributed by atoms with Crippen LogP contribution in [0.5, 0.6) is 0 Å². The number of hydrogen-bond acceptors (Lipinski definition) is 6. The van der Waals surface area contributed by atoms with Gasteiger partial charge in [0.2, 0.25) is 0 Å². The summed E-state index contributed by atoms with van der Waals surface area (Å²) in [6.07, 6.45) is 66.7. The Balaban J connectivity index is 4.49. The fourth-order valence-electron chi connectivity index (χ4n) is 6.83. The van der Waals surface area contributed by atoms with E-state index in [1.54, 1.807) is 0 Å². The number of esters is 3. The van der Waals surface area contributed by atoms with Crippen LogP contribution in [0.25, 0.3) is 0 Å². The van der Waals surface area contributed by atoms with Crippen LogP contribution in [0.1, 0.15) is 226 Å². The molecule has 0 aliphatic carbocycles. The van der Waals surface area contributed by atoms with Crippen LogP contribution in [-0.4, -0.2) is 37.2 Å². The molecule has 0 aromatic carbocycles. The fraction of sp³-hybridized carbons (Fsp3) is 0.667. The van der Waals surface area contributed by atoms with Gasteiger partial charge in [0.05, 0.1) is 0 Å². The van der Waals surface area contributed by atoms with E-state index >= 15 is 0 Å². The number of allylic oxidation sites excluding steroid dienone is 16. The lowest BCUT2D eigenvalue weighted by Gasteiger charge is -2.18. The monoisotopic (exact) mass is 875 g/mol. The van der Waals surface area contributed by atoms with Crippen molar-refractivity contribution >= 4 is 17.9 Å². The molecule has 1 atom stereocenters. The lowest BCUT2D eigenvalue weighted by molar-refractivity contribution is -0.167. The molecule has 0 aromatic rings. The SMILES string of the molecule is CC\C=C/C=C\C=C/C=C\CCCCCCCC(=O)OC(COC(=O)CCCCC/C=C\C=C/CCCCCCCCC)COC(=O)CCCCCCCCC/C=C\C/C=C\CC. The van der Waals surface area contributed by atoms with Crippen molar-refractivity contribution in [2.45, 2.75) is 232 Å². The van der Waals surface area contributed by atoms with Crippen molar-refractivity contribution in [1.29, 1.82) is 0 Å². The number of hydrogen-bond donors (Lipinski definition) is 0. The van der Waals surface area contributed by atoms with Gasteiger partial charge in [0.1, 0.15) is 13.2 Å². The smallest absolute Gasteiger partial charge is 0.306 e. The van der Waals surface area contributed by atoms with E-state index < -0.39 is 6.10 Å². The molecule has 0 aliphatic rings. The molecule has 0 heterocycles. The maximum atomic E-state index is 12.8. The molecule has 0 spiro atoms. The first-order valence-corrected chi connectivity index (χ1v) is 25.8. The van der Waals surface area contributed by atoms with Crippen molar-refractivity contribution in [3.8, 4) is 0 Å². The molecule has 1 unspecified atom stereocenters. The molecule has 0 N–H and O–H groups in total. The number of ether oxygens (including phenoxy) is 3. The van der Waals surface area contributed by atoms with E-state index in [0.717, 1.165) is 116 Å². The zero-order valence-corrected chi connectivity index (χ0v) is 40.8. The fourth-order valence-corrected chi connectivity index (χ4v) is 6.83. The number of carbonyl (C=O) groups is 3. The van der Waals surface area contributed by atoms with Gasteiger partial charge in [0, 0.05) is 19.3 Å². The average molecular weight is 875 g/mol. The van der Waals surface area contributed by atoms with Gasteiger partial charge in [-0.15, -0.1) is 0 Å². The van der Waals surface area contributed by atoms with Crippen molar-refractivity contribution in [3.05, 3.63) is 97.2 Å². The second kappa shape index (κ2) is 51.0. The minimum atomic E-state index is -0.804. The standard InChI is InChI=1S/C57H94O6/c1-4-7-10-13-16-19-22-25-28-30-32-35-38-41-44-47-50-56(59)62-53-54(52-61-55(58)49-46-43-40-37-34-31-27-24-21-18-15-12-9-6-3)63-57(60)51-48-45-42-39-36-33-29-26-23-20-17-14-11-8-5-2/h8-9,11-12,14,17-18,20-21,23,26,28-30,32,35,54H,4-7,10,13,15-16,19,22,24-25,27,31,33-34,36-53H2,1-3H3/b11-8-,12-9-,17-14-,21-18-,23-20-,29-26-,30-28-,35-32-. The molecule has 0 saturated heterocycles. The Morgan fingerprint density at radius 1 is 0.349 bits per heavy atom. The number of unbranched alkanes of at least 4 members (excludes halogenated alkanes) is 22. The molecule has 0 amide bonds. The first-order chi connectivity index (χ1) is 31.0. The molecule has 0 fully saturated rings. The Morgan fingerprint density at radius 3 is 1.17 bits per heavy atom. The third-order valence-electron chi connectivity index (χ3n) is 10.7. The molecule has 63 heavy (non-hydrogen) atoms. The van der Waals surface area contributed by atoms with Gasteiger partial charge < -0.3 is 14.2 Å². The van der Waals surface area contributed by atoms with Gasteiger partial charge in [-0.3, -0.25) is 14.4 Å². The van der Waals surface area contributed by atoms with Crippen LogP contribution in [0.4, 0.5) is 0 Å². The highest BCUT2D eigenvalue weighted by Crippen LogP contribution is 2.14. The number of carbonyl (C=O) groups excluding carboxylic acids is 3. The Hall–Kier alpha value is -3.67. The van der Waals surface area contributed by atoms with Crippen molar-refractivity contribution < 1.29 is 28.6 Å². The summed E-state index contributed by atoms with van der Waals surface area (Å²) in [5.41, 5.74) is 0. The molecule has 0 aliphatic heterocycles. The minimum absolute atomic E-state index is 0.101. The van der Waals surface area contributed by atoms with Crippen LogP contribution in [0, 0.1) is 0 Å². The molecule has 0 rings (SSSR count). The van der Waals surface area contributed by atoms with Gasteiger partial charge in [0.25, 0.3) is 0 Å². The van der Waals surface area contributed by atoms with E-state index in [1.807, 2.05) is 24.3 Å². The van der Waals surface area contributed by atoms with Crippen molar-refractivity contribution in [2.24, 2.45) is 0 Å². The maximum absolute atomic E-state index is 12.8. The molecule has 0 saturated carbocycles. The van der Waals surface area contributed by atoms with Crippen LogP contribution >= 0.6 is 0 Å². The van der Waals surface area contributed by atoms with Crippen LogP contribution in [-0.2, 0) is 28.6 Å². The van der Waals surface area contributed by atoms with E-state index in [9.17, 15) is 14.4 Å². The molecule has 6 heteroatoms. The summed E-state index contributed by atoms with van der Waals surface area (Å²) in [5, 5.41) is 0. The summed E-state index contributed by atoms with van der Waals surface area (Å²) in [6, 6.07) is 0. The van der Waals surface area contributed by atoms with Gasteiger partial charge in [-0.25, -0.2) is 0 Å². The summed E-state index contributed by atoms with van der Waals surface area (Å²) in [6.45, 7) is 6.33. The van der Waals surface area contributed by atoms with Crippen molar-refractivity contribution in [3.63, 3.8) is 0 Å². The average Bonchev–Trinajstić information content (AvgIpc) is 3.28. The highest BCUT2D eigenvalue weighted by atomic mass is 16.6.